The second-order valence-electron chi connectivity index (χ2n) is 7.02. The summed E-state index contributed by atoms with van der Waals surface area (Å²) >= 11 is 0. The van der Waals surface area contributed by atoms with Crippen molar-refractivity contribution in [2.24, 2.45) is 16.6 Å². The normalized spacial score (nSPS) is 38.0. The summed E-state index contributed by atoms with van der Waals surface area (Å²) in [7, 11) is 3.11. The third kappa shape index (κ3) is 1.66. The standard InChI is InChI=1S/C17H21NO4/c1-20-10-3-4-11-12(18)6-14(22-13(11)5-10)16-7-17(8-16,9-16)15(19)21-2/h3-5,12,14H,6-9,18H2,1-2H3/t12-,14-,16?,17?/m1/s1. The van der Waals surface area contributed by atoms with Crippen LogP contribution in [-0.4, -0.2) is 26.3 Å². The van der Waals surface area contributed by atoms with Gasteiger partial charge in [0, 0.05) is 29.5 Å². The molecule has 0 saturated heterocycles. The molecule has 3 fully saturated rings. The number of ether oxygens (including phenoxy) is 3. The summed E-state index contributed by atoms with van der Waals surface area (Å²) in [5.74, 6) is 1.52. The predicted molar refractivity (Wildman–Crippen MR) is 79.7 cm³/mol. The molecule has 2 N–H and O–H groups in total. The molecule has 0 aromatic heterocycles. The Hall–Kier alpha value is -1.75. The molecule has 5 nitrogen and oxygen atoms in total. The van der Waals surface area contributed by atoms with Crippen molar-refractivity contribution in [3.63, 3.8) is 0 Å². The van der Waals surface area contributed by atoms with Crippen molar-refractivity contribution in [3.05, 3.63) is 23.8 Å². The maximum absolute atomic E-state index is 11.8. The number of rotatable bonds is 3. The first-order chi connectivity index (χ1) is 10.5. The lowest BCUT2D eigenvalue weighted by Crippen LogP contribution is -2.71. The summed E-state index contributed by atoms with van der Waals surface area (Å²) < 4.78 is 16.4. The highest BCUT2D eigenvalue weighted by Gasteiger charge is 2.75. The van der Waals surface area contributed by atoms with E-state index in [9.17, 15) is 4.79 Å². The topological polar surface area (TPSA) is 70.8 Å². The first-order valence-electron chi connectivity index (χ1n) is 7.71. The highest BCUT2D eigenvalue weighted by atomic mass is 16.5. The average molecular weight is 303 g/mol. The zero-order valence-corrected chi connectivity index (χ0v) is 12.9. The Morgan fingerprint density at radius 2 is 2.05 bits per heavy atom. The molecule has 3 aliphatic carbocycles. The Balaban J connectivity index is 1.54. The van der Waals surface area contributed by atoms with Gasteiger partial charge in [-0.2, -0.15) is 0 Å². The van der Waals surface area contributed by atoms with Crippen LogP contribution >= 0.6 is 0 Å². The molecule has 3 saturated carbocycles. The Morgan fingerprint density at radius 3 is 2.68 bits per heavy atom. The Kier molecular flexibility index (Phi) is 2.77. The van der Waals surface area contributed by atoms with Crippen molar-refractivity contribution in [1.29, 1.82) is 0 Å². The molecule has 2 bridgehead atoms. The van der Waals surface area contributed by atoms with Gasteiger partial charge < -0.3 is 19.9 Å². The molecule has 2 atom stereocenters. The van der Waals surface area contributed by atoms with Gasteiger partial charge in [0.15, 0.2) is 0 Å². The number of esters is 1. The minimum absolute atomic E-state index is 0.0252. The Labute approximate surface area is 129 Å². The molecule has 1 heterocycles. The fourth-order valence-corrected chi connectivity index (χ4v) is 4.62. The van der Waals surface area contributed by atoms with E-state index >= 15 is 0 Å². The van der Waals surface area contributed by atoms with E-state index in [1.54, 1.807) is 7.11 Å². The largest absolute Gasteiger partial charge is 0.497 e. The molecular formula is C17H21NO4. The molecule has 1 aromatic rings. The minimum atomic E-state index is -0.239. The summed E-state index contributed by atoms with van der Waals surface area (Å²) in [5, 5.41) is 0. The number of carbonyl (C=O) groups is 1. The second-order valence-corrected chi connectivity index (χ2v) is 7.02. The Bertz CT molecular complexity index is 622. The third-order valence-electron chi connectivity index (χ3n) is 5.73. The molecule has 118 valence electrons. The van der Waals surface area contributed by atoms with Crippen LogP contribution < -0.4 is 15.2 Å². The number of hydrogen-bond donors (Lipinski definition) is 1. The van der Waals surface area contributed by atoms with Crippen LogP contribution in [-0.2, 0) is 9.53 Å². The second kappa shape index (κ2) is 4.38. The molecule has 1 aliphatic heterocycles. The van der Waals surface area contributed by atoms with Crippen molar-refractivity contribution in [3.8, 4) is 11.5 Å². The molecule has 5 heteroatoms. The Morgan fingerprint density at radius 1 is 1.32 bits per heavy atom. The lowest BCUT2D eigenvalue weighted by atomic mass is 9.33. The number of fused-ring (bicyclic) bond motifs is 1. The van der Waals surface area contributed by atoms with Gasteiger partial charge in [-0.05, 0) is 25.3 Å². The monoisotopic (exact) mass is 303 g/mol. The highest BCUT2D eigenvalue weighted by molar-refractivity contribution is 5.81. The van der Waals surface area contributed by atoms with Crippen molar-refractivity contribution >= 4 is 5.97 Å². The zero-order valence-electron chi connectivity index (χ0n) is 12.9. The quantitative estimate of drug-likeness (QED) is 0.867. The van der Waals surface area contributed by atoms with Crippen molar-refractivity contribution in [2.75, 3.05) is 14.2 Å². The van der Waals surface area contributed by atoms with Gasteiger partial charge in [-0.3, -0.25) is 4.79 Å². The number of benzene rings is 1. The molecule has 0 spiro atoms. The van der Waals surface area contributed by atoms with Gasteiger partial charge in [0.05, 0.1) is 19.6 Å². The van der Waals surface area contributed by atoms with Crippen LogP contribution in [0.3, 0.4) is 0 Å². The van der Waals surface area contributed by atoms with Crippen molar-refractivity contribution in [1.82, 2.24) is 0 Å². The third-order valence-corrected chi connectivity index (χ3v) is 5.73. The van der Waals surface area contributed by atoms with E-state index in [0.717, 1.165) is 42.7 Å². The molecular weight excluding hydrogens is 282 g/mol. The van der Waals surface area contributed by atoms with Crippen LogP contribution in [0.25, 0.3) is 0 Å². The molecule has 22 heavy (non-hydrogen) atoms. The van der Waals surface area contributed by atoms with Crippen LogP contribution in [0.4, 0.5) is 0 Å². The van der Waals surface area contributed by atoms with Gasteiger partial charge in [0.2, 0.25) is 0 Å². The van der Waals surface area contributed by atoms with E-state index in [0.29, 0.717) is 0 Å². The van der Waals surface area contributed by atoms with Gasteiger partial charge in [0.25, 0.3) is 0 Å². The lowest BCUT2D eigenvalue weighted by molar-refractivity contribution is -0.256. The van der Waals surface area contributed by atoms with Gasteiger partial charge >= 0.3 is 5.97 Å². The highest BCUT2D eigenvalue weighted by Crippen LogP contribution is 2.76. The molecule has 5 rings (SSSR count). The molecule has 0 amide bonds. The van der Waals surface area contributed by atoms with Crippen LogP contribution in [0.1, 0.15) is 37.3 Å². The van der Waals surface area contributed by atoms with E-state index in [-0.39, 0.29) is 28.9 Å². The van der Waals surface area contributed by atoms with Crippen LogP contribution in [0.15, 0.2) is 18.2 Å². The fourth-order valence-electron chi connectivity index (χ4n) is 4.62. The smallest absolute Gasteiger partial charge is 0.311 e. The average Bonchev–Trinajstić information content (AvgIpc) is 2.43. The zero-order chi connectivity index (χ0) is 15.5. The van der Waals surface area contributed by atoms with E-state index < -0.39 is 0 Å². The molecule has 0 radical (unpaired) electrons. The molecule has 1 aromatic carbocycles. The molecule has 4 aliphatic rings. The minimum Gasteiger partial charge on any atom is -0.497 e. The van der Waals surface area contributed by atoms with E-state index in [2.05, 4.69) is 0 Å². The first-order valence-corrected chi connectivity index (χ1v) is 7.71. The number of nitrogens with two attached hydrogens (primary N) is 1. The van der Waals surface area contributed by atoms with Gasteiger partial charge in [-0.15, -0.1) is 0 Å². The van der Waals surface area contributed by atoms with E-state index in [1.807, 2.05) is 18.2 Å². The van der Waals surface area contributed by atoms with E-state index in [1.165, 1.54) is 7.11 Å². The number of hydrogen-bond acceptors (Lipinski definition) is 5. The van der Waals surface area contributed by atoms with Crippen LogP contribution in [0.2, 0.25) is 0 Å². The summed E-state index contributed by atoms with van der Waals surface area (Å²) in [5.41, 5.74) is 7.23. The fraction of sp³-hybridized carbons (Fsp3) is 0.588. The van der Waals surface area contributed by atoms with E-state index in [4.69, 9.17) is 19.9 Å². The maximum Gasteiger partial charge on any atom is 0.311 e. The lowest BCUT2D eigenvalue weighted by Gasteiger charge is -2.71. The van der Waals surface area contributed by atoms with Gasteiger partial charge in [-0.1, -0.05) is 6.07 Å². The predicted octanol–water partition coefficient (Wildman–Crippen LogP) is 2.19. The van der Waals surface area contributed by atoms with Crippen LogP contribution in [0, 0.1) is 10.8 Å². The summed E-state index contributed by atoms with van der Waals surface area (Å²) in [6.45, 7) is 0. The summed E-state index contributed by atoms with van der Waals surface area (Å²) in [6, 6.07) is 5.77. The number of methoxy groups -OCH3 is 2. The van der Waals surface area contributed by atoms with Gasteiger partial charge in [-0.25, -0.2) is 0 Å². The van der Waals surface area contributed by atoms with Gasteiger partial charge in [0.1, 0.15) is 17.6 Å². The summed E-state index contributed by atoms with van der Waals surface area (Å²) in [6.07, 6.45) is 3.47. The first kappa shape index (κ1) is 13.9. The molecule has 0 unspecified atom stereocenters. The van der Waals surface area contributed by atoms with Crippen LogP contribution in [0.5, 0.6) is 11.5 Å². The summed E-state index contributed by atoms with van der Waals surface area (Å²) in [4.78, 5) is 11.8. The van der Waals surface area contributed by atoms with Crippen molar-refractivity contribution in [2.45, 2.75) is 37.8 Å². The maximum atomic E-state index is 11.8. The van der Waals surface area contributed by atoms with Crippen molar-refractivity contribution < 1.29 is 19.0 Å². The SMILES string of the molecule is COC(=O)C12CC([C@H]3C[C@@H](N)c4ccc(OC)cc4O3)(C1)C2. The number of carbonyl (C=O) groups excluding carboxylic acids is 1.